The lowest BCUT2D eigenvalue weighted by Crippen LogP contribution is -1.89. The predicted molar refractivity (Wildman–Crippen MR) is 114 cm³/mol. The van der Waals surface area contributed by atoms with Crippen molar-refractivity contribution in [1.82, 2.24) is 0 Å². The molecule has 0 amide bonds. The Balaban J connectivity index is 1.75. The number of aryl methyl sites for hydroxylation is 1. The molecule has 1 rings (SSSR count). The summed E-state index contributed by atoms with van der Waals surface area (Å²) in [5.74, 6) is 2.41. The number of thioether (sulfide) groups is 1. The van der Waals surface area contributed by atoms with E-state index in [0.29, 0.717) is 0 Å². The first kappa shape index (κ1) is 22.2. The number of unbranched alkanes of at least 4 members (excludes halogenated alkanes) is 8. The predicted octanol–water partition coefficient (Wildman–Crippen LogP) is 7.37. The lowest BCUT2D eigenvalue weighted by Gasteiger charge is -2.04. The molecule has 1 nitrogen and oxygen atoms in total. The zero-order valence-corrected chi connectivity index (χ0v) is 17.8. The molecule has 4 heteroatoms. The highest BCUT2D eigenvalue weighted by molar-refractivity contribution is 14.1. The average molecular weight is 466 g/mol. The van der Waals surface area contributed by atoms with Crippen LogP contribution in [0.15, 0.2) is 24.3 Å². The summed E-state index contributed by atoms with van der Waals surface area (Å²) < 4.78 is 17.8. The highest BCUT2D eigenvalue weighted by Crippen LogP contribution is 2.14. The quantitative estimate of drug-likeness (QED) is 0.186. The minimum Gasteiger partial charge on any atom is -0.316 e. The third-order valence-electron chi connectivity index (χ3n) is 4.18. The van der Waals surface area contributed by atoms with Crippen molar-refractivity contribution in [1.29, 1.82) is 0 Å². The van der Waals surface area contributed by atoms with Crippen LogP contribution in [0.2, 0.25) is 0 Å². The fourth-order valence-corrected chi connectivity index (χ4v) is 3.99. The second-order valence-electron chi connectivity index (χ2n) is 6.34. The molecule has 138 valence electrons. The molecule has 24 heavy (non-hydrogen) atoms. The van der Waals surface area contributed by atoms with Gasteiger partial charge in [0.25, 0.3) is 0 Å². The van der Waals surface area contributed by atoms with E-state index in [1.807, 2.05) is 35.1 Å². The summed E-state index contributed by atoms with van der Waals surface area (Å²) in [6.07, 6.45) is 14.4. The van der Waals surface area contributed by atoms with Gasteiger partial charge in [0.1, 0.15) is 28.8 Å². The van der Waals surface area contributed by atoms with Crippen molar-refractivity contribution in [3.63, 3.8) is 0 Å². The second kappa shape index (κ2) is 16.6. The van der Waals surface area contributed by atoms with E-state index in [9.17, 15) is 4.39 Å². The Labute approximate surface area is 166 Å². The fourth-order valence-electron chi connectivity index (χ4n) is 2.74. The van der Waals surface area contributed by atoms with Gasteiger partial charge >= 0.3 is 0 Å². The van der Waals surface area contributed by atoms with Gasteiger partial charge in [0.15, 0.2) is 0 Å². The van der Waals surface area contributed by atoms with E-state index < -0.39 is 0 Å². The molecule has 0 unspecified atom stereocenters. The minimum atomic E-state index is -0.136. The molecule has 0 saturated heterocycles. The zero-order chi connectivity index (χ0) is 17.3. The van der Waals surface area contributed by atoms with Crippen LogP contribution in [-0.2, 0) is 9.49 Å². The van der Waals surface area contributed by atoms with Gasteiger partial charge in [-0.25, -0.2) is 4.39 Å². The van der Waals surface area contributed by atoms with Crippen LogP contribution in [0.4, 0.5) is 4.39 Å². The minimum absolute atomic E-state index is 0.136. The molecule has 0 saturated carbocycles. The summed E-state index contributed by atoms with van der Waals surface area (Å²) in [5, 5.41) is 0. The summed E-state index contributed by atoms with van der Waals surface area (Å²) >= 11 is 4.03. The Morgan fingerprint density at radius 3 is 1.92 bits per heavy atom. The van der Waals surface area contributed by atoms with Crippen LogP contribution in [0.3, 0.4) is 0 Å². The molecule has 0 aliphatic heterocycles. The van der Waals surface area contributed by atoms with Crippen LogP contribution in [0.1, 0.15) is 69.8 Å². The van der Waals surface area contributed by atoms with Crippen LogP contribution in [-0.4, -0.2) is 18.1 Å². The Bertz CT molecular complexity index is 386. The molecule has 0 bridgehead atoms. The van der Waals surface area contributed by atoms with Crippen molar-refractivity contribution < 1.29 is 7.46 Å². The summed E-state index contributed by atoms with van der Waals surface area (Å²) in [6, 6.07) is 6.94. The molecule has 0 fully saturated rings. The van der Waals surface area contributed by atoms with Gasteiger partial charge in [-0.3, -0.25) is 0 Å². The van der Waals surface area contributed by atoms with E-state index in [2.05, 4.69) is 11.8 Å². The van der Waals surface area contributed by atoms with Crippen molar-refractivity contribution >= 4 is 34.8 Å². The first-order chi connectivity index (χ1) is 11.8. The zero-order valence-electron chi connectivity index (χ0n) is 14.8. The van der Waals surface area contributed by atoms with Gasteiger partial charge < -0.3 is 3.07 Å². The van der Waals surface area contributed by atoms with E-state index in [1.165, 1.54) is 81.3 Å². The molecule has 0 aromatic heterocycles. The summed E-state index contributed by atoms with van der Waals surface area (Å²) in [7, 11) is 0. The molecule has 0 atom stereocenters. The van der Waals surface area contributed by atoms with Crippen LogP contribution in [0.25, 0.3) is 0 Å². The maximum absolute atomic E-state index is 12.8. The Hall–Kier alpha value is 0.190. The van der Waals surface area contributed by atoms with E-state index in [1.54, 1.807) is 12.1 Å². The SMILES string of the molecule is Fc1ccc(CCCCCCCCCCCSCCCOI)cc1. The van der Waals surface area contributed by atoms with Gasteiger partial charge in [-0.2, -0.15) is 11.8 Å². The van der Waals surface area contributed by atoms with Crippen LogP contribution < -0.4 is 0 Å². The first-order valence-corrected chi connectivity index (χ1v) is 11.4. The van der Waals surface area contributed by atoms with Crippen LogP contribution in [0.5, 0.6) is 0 Å². The van der Waals surface area contributed by atoms with E-state index >= 15 is 0 Å². The molecular formula is C20H32FIOS. The monoisotopic (exact) mass is 466 g/mol. The first-order valence-electron chi connectivity index (χ1n) is 9.38. The Morgan fingerprint density at radius 2 is 1.29 bits per heavy atom. The molecular weight excluding hydrogens is 434 g/mol. The topological polar surface area (TPSA) is 9.23 Å². The lowest BCUT2D eigenvalue weighted by atomic mass is 10.0. The molecule has 0 radical (unpaired) electrons. The number of benzene rings is 1. The molecule has 0 aliphatic carbocycles. The maximum Gasteiger partial charge on any atom is 0.123 e. The Morgan fingerprint density at radius 1 is 0.750 bits per heavy atom. The smallest absolute Gasteiger partial charge is 0.123 e. The van der Waals surface area contributed by atoms with Gasteiger partial charge in [-0.05, 0) is 54.9 Å². The second-order valence-corrected chi connectivity index (χ2v) is 8.19. The largest absolute Gasteiger partial charge is 0.316 e. The highest BCUT2D eigenvalue weighted by atomic mass is 127. The summed E-state index contributed by atoms with van der Waals surface area (Å²) in [4.78, 5) is 0. The average Bonchev–Trinajstić information content (AvgIpc) is 2.60. The normalized spacial score (nSPS) is 11.1. The summed E-state index contributed by atoms with van der Waals surface area (Å²) in [5.41, 5.74) is 1.26. The van der Waals surface area contributed by atoms with Gasteiger partial charge in [-0.1, -0.05) is 57.1 Å². The van der Waals surface area contributed by atoms with Crippen molar-refractivity contribution in [2.24, 2.45) is 0 Å². The van der Waals surface area contributed by atoms with Crippen LogP contribution in [0, 0.1) is 5.82 Å². The van der Waals surface area contributed by atoms with Gasteiger partial charge in [0, 0.05) is 0 Å². The molecule has 0 heterocycles. The molecule has 0 aliphatic rings. The summed E-state index contributed by atoms with van der Waals surface area (Å²) in [6.45, 7) is 0.886. The third kappa shape index (κ3) is 13.5. The molecule has 1 aromatic rings. The number of hydrogen-bond acceptors (Lipinski definition) is 2. The van der Waals surface area contributed by atoms with Crippen molar-refractivity contribution in [3.05, 3.63) is 35.6 Å². The van der Waals surface area contributed by atoms with E-state index in [4.69, 9.17) is 3.07 Å². The maximum atomic E-state index is 12.8. The molecule has 0 N–H and O–H groups in total. The van der Waals surface area contributed by atoms with Crippen molar-refractivity contribution in [2.75, 3.05) is 18.1 Å². The third-order valence-corrected chi connectivity index (χ3v) is 5.77. The van der Waals surface area contributed by atoms with E-state index in [-0.39, 0.29) is 5.82 Å². The molecule has 1 aromatic carbocycles. The van der Waals surface area contributed by atoms with Crippen molar-refractivity contribution in [3.8, 4) is 0 Å². The number of halogens is 2. The number of hydrogen-bond donors (Lipinski definition) is 0. The molecule has 0 spiro atoms. The number of rotatable bonds is 16. The lowest BCUT2D eigenvalue weighted by molar-refractivity contribution is 0.427. The van der Waals surface area contributed by atoms with Crippen molar-refractivity contribution in [2.45, 2.75) is 70.6 Å². The fraction of sp³-hybridized carbons (Fsp3) is 0.700. The van der Waals surface area contributed by atoms with E-state index in [0.717, 1.165) is 13.0 Å². The van der Waals surface area contributed by atoms with Gasteiger partial charge in [0.05, 0.1) is 6.61 Å². The highest BCUT2D eigenvalue weighted by Gasteiger charge is 1.96. The van der Waals surface area contributed by atoms with Gasteiger partial charge in [-0.15, -0.1) is 0 Å². The van der Waals surface area contributed by atoms with Gasteiger partial charge in [0.2, 0.25) is 0 Å². The Kier molecular flexibility index (Phi) is 15.4. The standard InChI is InChI=1S/C20H32FIOS/c21-20-14-12-19(13-15-20)11-8-6-4-2-1-3-5-7-9-17-24-18-10-16-23-22/h12-15H,1-11,16-18H2. The van der Waals surface area contributed by atoms with Crippen LogP contribution >= 0.6 is 34.8 Å².